The number of nitrogens with zero attached hydrogens (tertiary/aromatic N) is 5. The summed E-state index contributed by atoms with van der Waals surface area (Å²) in [5, 5.41) is 0.580. The van der Waals surface area contributed by atoms with E-state index in [1.807, 2.05) is 30.2 Å². The van der Waals surface area contributed by atoms with E-state index in [4.69, 9.17) is 16.6 Å². The zero-order chi connectivity index (χ0) is 20.0. The van der Waals surface area contributed by atoms with Crippen molar-refractivity contribution in [2.24, 2.45) is 4.99 Å². The maximum Gasteiger partial charge on any atom is 0.328 e. The van der Waals surface area contributed by atoms with E-state index in [0.29, 0.717) is 5.02 Å². The Bertz CT molecular complexity index is 883. The molecule has 1 saturated heterocycles. The first-order valence-electron chi connectivity index (χ1n) is 9.57. The van der Waals surface area contributed by atoms with Crippen LogP contribution in [0.1, 0.15) is 32.3 Å². The molecule has 2 unspecified atom stereocenters. The average molecular weight is 402 g/mol. The van der Waals surface area contributed by atoms with E-state index in [0.717, 1.165) is 36.6 Å². The number of guanidine groups is 1. The maximum absolute atomic E-state index is 13.3. The number of halogens is 1. The third-order valence-electron chi connectivity index (χ3n) is 5.47. The molecule has 0 aliphatic carbocycles. The third kappa shape index (κ3) is 2.94. The molecule has 0 aromatic heterocycles. The normalized spacial score (nSPS) is 23.9. The number of urea groups is 1. The highest BCUT2D eigenvalue weighted by Gasteiger charge is 2.54. The van der Waals surface area contributed by atoms with Crippen molar-refractivity contribution in [3.63, 3.8) is 0 Å². The summed E-state index contributed by atoms with van der Waals surface area (Å²) >= 11 is 6.06. The van der Waals surface area contributed by atoms with Crippen molar-refractivity contribution in [1.82, 2.24) is 19.6 Å². The number of rotatable bonds is 5. The summed E-state index contributed by atoms with van der Waals surface area (Å²) in [5.41, 5.74) is 1.89. The van der Waals surface area contributed by atoms with E-state index in [9.17, 15) is 9.59 Å². The smallest absolute Gasteiger partial charge is 0.315 e. The molecule has 148 valence electrons. The van der Waals surface area contributed by atoms with Crippen LogP contribution in [-0.4, -0.2) is 63.3 Å². The maximum atomic E-state index is 13.3. The van der Waals surface area contributed by atoms with Crippen molar-refractivity contribution in [2.45, 2.75) is 45.4 Å². The van der Waals surface area contributed by atoms with Crippen LogP contribution in [0.3, 0.4) is 0 Å². The van der Waals surface area contributed by atoms with E-state index in [-0.39, 0.29) is 18.5 Å². The molecule has 28 heavy (non-hydrogen) atoms. The van der Waals surface area contributed by atoms with Crippen LogP contribution in [0.15, 0.2) is 41.2 Å². The number of imide groups is 1. The Kier molecular flexibility index (Phi) is 4.79. The molecule has 4 rings (SSSR count). The van der Waals surface area contributed by atoms with E-state index in [1.54, 1.807) is 24.1 Å². The molecule has 3 aliphatic heterocycles. The van der Waals surface area contributed by atoms with Gasteiger partial charge < -0.3 is 14.7 Å². The fourth-order valence-corrected chi connectivity index (χ4v) is 4.17. The molecule has 1 fully saturated rings. The van der Waals surface area contributed by atoms with Crippen molar-refractivity contribution in [2.75, 3.05) is 13.6 Å². The SMILES string of the molecule is CCCCN1C(C)=CN2C1=NC1C2C(=O)N(Cc2cccc(Cl)c2)C(=O)N1C. The molecule has 0 N–H and O–H groups in total. The largest absolute Gasteiger partial charge is 0.328 e. The van der Waals surface area contributed by atoms with Gasteiger partial charge in [-0.25, -0.2) is 9.79 Å². The van der Waals surface area contributed by atoms with Crippen molar-refractivity contribution >= 4 is 29.5 Å². The lowest BCUT2D eigenvalue weighted by molar-refractivity contribution is -0.137. The molecule has 0 radical (unpaired) electrons. The van der Waals surface area contributed by atoms with Crippen LogP contribution in [0.5, 0.6) is 0 Å². The number of unbranched alkanes of at least 4 members (excludes halogenated alkanes) is 1. The molecule has 0 bridgehead atoms. The zero-order valence-corrected chi connectivity index (χ0v) is 17.1. The van der Waals surface area contributed by atoms with Crippen molar-refractivity contribution in [3.05, 3.63) is 46.7 Å². The molecule has 2 atom stereocenters. The molecule has 0 saturated carbocycles. The van der Waals surface area contributed by atoms with Gasteiger partial charge in [0.25, 0.3) is 5.91 Å². The number of carbonyl (C=O) groups is 2. The molecule has 3 heterocycles. The van der Waals surface area contributed by atoms with Crippen molar-refractivity contribution in [1.29, 1.82) is 0 Å². The van der Waals surface area contributed by atoms with Gasteiger partial charge in [-0.1, -0.05) is 37.1 Å². The zero-order valence-electron chi connectivity index (χ0n) is 16.3. The summed E-state index contributed by atoms with van der Waals surface area (Å²) in [5.74, 6) is 0.534. The Hall–Kier alpha value is -2.54. The summed E-state index contributed by atoms with van der Waals surface area (Å²) in [4.78, 5) is 37.8. The third-order valence-corrected chi connectivity index (χ3v) is 5.70. The van der Waals surface area contributed by atoms with Crippen LogP contribution in [-0.2, 0) is 11.3 Å². The summed E-state index contributed by atoms with van der Waals surface area (Å²) in [6, 6.07) is 6.36. The number of hydrogen-bond acceptors (Lipinski definition) is 5. The first-order valence-corrected chi connectivity index (χ1v) is 9.95. The van der Waals surface area contributed by atoms with Gasteiger partial charge in [-0.2, -0.15) is 0 Å². The van der Waals surface area contributed by atoms with Gasteiger partial charge in [0, 0.05) is 30.5 Å². The Morgan fingerprint density at radius 2 is 2.00 bits per heavy atom. The second-order valence-corrected chi connectivity index (χ2v) is 7.85. The molecule has 1 aromatic carbocycles. The van der Waals surface area contributed by atoms with Crippen molar-refractivity contribution < 1.29 is 9.59 Å². The van der Waals surface area contributed by atoms with Gasteiger partial charge in [-0.15, -0.1) is 0 Å². The van der Waals surface area contributed by atoms with Gasteiger partial charge in [0.1, 0.15) is 0 Å². The van der Waals surface area contributed by atoms with Crippen LogP contribution in [0.25, 0.3) is 0 Å². The molecule has 1 aromatic rings. The minimum atomic E-state index is -0.529. The van der Waals surface area contributed by atoms with Gasteiger partial charge >= 0.3 is 6.03 Å². The molecule has 3 aliphatic rings. The highest BCUT2D eigenvalue weighted by molar-refractivity contribution is 6.30. The van der Waals surface area contributed by atoms with Gasteiger partial charge in [0.15, 0.2) is 12.2 Å². The Balaban J connectivity index is 1.61. The lowest BCUT2D eigenvalue weighted by atomic mass is 10.1. The predicted octanol–water partition coefficient (Wildman–Crippen LogP) is 3.08. The molecular weight excluding hydrogens is 378 g/mol. The van der Waals surface area contributed by atoms with Crippen LogP contribution < -0.4 is 0 Å². The quantitative estimate of drug-likeness (QED) is 0.760. The lowest BCUT2D eigenvalue weighted by Crippen LogP contribution is -2.63. The second kappa shape index (κ2) is 7.13. The number of benzene rings is 1. The topological polar surface area (TPSA) is 59.5 Å². The fourth-order valence-electron chi connectivity index (χ4n) is 3.96. The van der Waals surface area contributed by atoms with Gasteiger partial charge in [-0.05, 0) is 31.0 Å². The number of hydrogen-bond donors (Lipinski definition) is 0. The summed E-state index contributed by atoms with van der Waals surface area (Å²) in [6.07, 6.45) is 3.59. The molecule has 8 heteroatoms. The van der Waals surface area contributed by atoms with Crippen LogP contribution in [0, 0.1) is 0 Å². The standard InChI is InChI=1S/C20H24ClN5O2/c1-4-5-9-24-13(2)11-25-16-17(22-19(24)25)23(3)20(28)26(18(16)27)12-14-7-6-8-15(21)10-14/h6-8,10-11,16-17H,4-5,9,12H2,1-3H3. The van der Waals surface area contributed by atoms with Crippen LogP contribution in [0.4, 0.5) is 4.79 Å². The molecule has 0 spiro atoms. The fraction of sp³-hybridized carbons (Fsp3) is 0.450. The average Bonchev–Trinajstić information content (AvgIpc) is 3.17. The van der Waals surface area contributed by atoms with E-state index in [1.165, 1.54) is 4.90 Å². The highest BCUT2D eigenvalue weighted by Crippen LogP contribution is 2.34. The molecular formula is C20H24ClN5O2. The minimum absolute atomic E-state index is 0.192. The van der Waals surface area contributed by atoms with E-state index < -0.39 is 12.2 Å². The molecule has 7 nitrogen and oxygen atoms in total. The first kappa shape index (κ1) is 18.8. The monoisotopic (exact) mass is 401 g/mol. The van der Waals surface area contributed by atoms with Crippen LogP contribution in [0.2, 0.25) is 5.02 Å². The van der Waals surface area contributed by atoms with E-state index >= 15 is 0 Å². The van der Waals surface area contributed by atoms with Gasteiger partial charge in [-0.3, -0.25) is 9.69 Å². The predicted molar refractivity (Wildman–Crippen MR) is 107 cm³/mol. The first-order chi connectivity index (χ1) is 13.4. The minimum Gasteiger partial charge on any atom is -0.315 e. The number of fused-ring (bicyclic) bond motifs is 3. The lowest BCUT2D eigenvalue weighted by Gasteiger charge is -2.40. The van der Waals surface area contributed by atoms with Crippen molar-refractivity contribution in [3.8, 4) is 0 Å². The molecule has 3 amide bonds. The number of carbonyl (C=O) groups excluding carboxylic acids is 2. The summed E-state index contributed by atoms with van der Waals surface area (Å²) in [6.45, 7) is 5.22. The number of allylic oxidation sites excluding steroid dienone is 1. The van der Waals surface area contributed by atoms with Gasteiger partial charge in [0.2, 0.25) is 5.96 Å². The summed E-state index contributed by atoms with van der Waals surface area (Å²) in [7, 11) is 1.70. The highest BCUT2D eigenvalue weighted by atomic mass is 35.5. The Labute approximate surface area is 169 Å². The van der Waals surface area contributed by atoms with Crippen LogP contribution >= 0.6 is 11.6 Å². The number of likely N-dealkylation sites (N-methyl/N-ethyl adjacent to an activating group) is 1. The Morgan fingerprint density at radius 1 is 1.21 bits per heavy atom. The van der Waals surface area contributed by atoms with Gasteiger partial charge in [0.05, 0.1) is 6.54 Å². The summed E-state index contributed by atoms with van der Waals surface area (Å²) < 4.78 is 0. The number of amides is 3. The Morgan fingerprint density at radius 3 is 2.71 bits per heavy atom. The second-order valence-electron chi connectivity index (χ2n) is 7.42. The number of aliphatic imine (C=N–C) groups is 1. The van der Waals surface area contributed by atoms with E-state index in [2.05, 4.69) is 11.8 Å².